The van der Waals surface area contributed by atoms with Crippen molar-refractivity contribution in [3.05, 3.63) is 102 Å². The Balaban J connectivity index is 0.850. The number of aliphatic hydroxyl groups excluding tert-OH is 4. The van der Waals surface area contributed by atoms with Gasteiger partial charge in [0.2, 0.25) is 5.82 Å². The number of imidazole rings is 1. The number of piperazine rings is 1. The Hall–Kier alpha value is -6.55. The van der Waals surface area contributed by atoms with E-state index in [4.69, 9.17) is 4.74 Å². The first kappa shape index (κ1) is 41.6. The molecule has 5 atom stereocenters. The number of fused-ring (bicyclic) bond motifs is 1. The number of nitrogens with one attached hydrogen (secondary N) is 4. The molecule has 0 bridgehead atoms. The van der Waals surface area contributed by atoms with E-state index in [9.17, 15) is 44.4 Å². The molecular weight excluding hydrogens is 780 g/mol. The molecule has 20 heteroatoms. The predicted molar refractivity (Wildman–Crippen MR) is 215 cm³/mol. The molecule has 2 aliphatic heterocycles. The Morgan fingerprint density at radius 3 is 2.17 bits per heavy atom. The topological polar surface area (TPSA) is 266 Å². The van der Waals surface area contributed by atoms with Crippen LogP contribution >= 0.6 is 0 Å². The highest BCUT2D eigenvalue weighted by atomic mass is 16.6. The number of aromatic nitrogens is 4. The van der Waals surface area contributed by atoms with Crippen LogP contribution in [-0.2, 0) is 23.6 Å². The van der Waals surface area contributed by atoms with Crippen LogP contribution in [0, 0.1) is 0 Å². The number of hydrogen-bond donors (Lipinski definition) is 8. The summed E-state index contributed by atoms with van der Waals surface area (Å²) in [6.45, 7) is 2.17. The van der Waals surface area contributed by atoms with E-state index in [1.54, 1.807) is 55.3 Å². The maximum atomic E-state index is 13.1. The van der Waals surface area contributed by atoms with Crippen LogP contribution in [0.2, 0.25) is 0 Å². The number of amides is 5. The van der Waals surface area contributed by atoms with Crippen molar-refractivity contribution in [2.45, 2.75) is 30.7 Å². The van der Waals surface area contributed by atoms with E-state index in [-0.39, 0.29) is 48.2 Å². The average Bonchev–Trinajstić information content (AvgIpc) is 3.81. The SMILES string of the molecule is Cn1cc(NC(=O)c2cc3ccccc3cn2)cc1C(=O)Nc1ccc(C(=O)Nc2cn(C)c(C(=O)NCCN3CCN(C(=O)[C@H]4O[C@@H](O)[C@H](O)[C@@H](O)[C@@H]4O)CC3)n2)cc1. The number of ether oxygens (including phenoxy) is 1. The Morgan fingerprint density at radius 1 is 0.733 bits per heavy atom. The normalized spacial score (nSPS) is 20.7. The molecule has 0 spiro atoms. The summed E-state index contributed by atoms with van der Waals surface area (Å²) in [4.78, 5) is 76.9. The standard InChI is InChI=1S/C40H44N10O10/c1-47-20-26(44-36(55)27-17-23-5-3-4-6-24(23)19-42-27)18-28(47)37(56)43-25-9-7-22(8-10-25)35(54)46-29-21-48(2)34(45-29)38(57)41-11-12-49-13-15-50(16-14-49)39(58)33-31(52)30(51)32(53)40(59)60-33/h3-10,17-21,30-33,40,51-53,59H,11-16H2,1-2H3,(H,41,57)(H,43,56)(H,44,55)(H,46,54)/t30-,31-,32+,33-,40+/m0/s1. The molecule has 5 heterocycles. The van der Waals surface area contributed by atoms with Gasteiger partial charge in [0, 0.05) is 88.6 Å². The Kier molecular flexibility index (Phi) is 12.3. The molecule has 5 amide bonds. The Labute approximate surface area is 342 Å². The van der Waals surface area contributed by atoms with Crippen molar-refractivity contribution in [2.24, 2.45) is 14.1 Å². The number of carbonyl (C=O) groups is 5. The molecule has 0 unspecified atom stereocenters. The number of pyridine rings is 1. The average molecular weight is 825 g/mol. The first-order valence-electron chi connectivity index (χ1n) is 19.0. The lowest BCUT2D eigenvalue weighted by Crippen LogP contribution is -2.63. The minimum Gasteiger partial charge on any atom is -0.387 e. The van der Waals surface area contributed by atoms with Gasteiger partial charge in [-0.05, 0) is 41.8 Å². The summed E-state index contributed by atoms with van der Waals surface area (Å²) in [6.07, 6.45) is -3.75. The van der Waals surface area contributed by atoms with Crippen molar-refractivity contribution in [2.75, 3.05) is 55.2 Å². The number of aliphatic hydroxyl groups is 4. The van der Waals surface area contributed by atoms with E-state index in [2.05, 4.69) is 31.2 Å². The lowest BCUT2D eigenvalue weighted by molar-refractivity contribution is -0.278. The first-order valence-corrected chi connectivity index (χ1v) is 19.0. The monoisotopic (exact) mass is 824 g/mol. The van der Waals surface area contributed by atoms with Crippen LogP contribution in [0.15, 0.2) is 79.3 Å². The highest BCUT2D eigenvalue weighted by molar-refractivity contribution is 6.08. The van der Waals surface area contributed by atoms with Gasteiger partial charge in [-0.15, -0.1) is 0 Å². The highest BCUT2D eigenvalue weighted by Crippen LogP contribution is 2.23. The van der Waals surface area contributed by atoms with Crippen LogP contribution < -0.4 is 21.3 Å². The van der Waals surface area contributed by atoms with Crippen LogP contribution in [0.4, 0.5) is 17.2 Å². The fourth-order valence-corrected chi connectivity index (χ4v) is 6.93. The smallest absolute Gasteiger partial charge is 0.287 e. The van der Waals surface area contributed by atoms with Gasteiger partial charge >= 0.3 is 0 Å². The molecule has 20 nitrogen and oxygen atoms in total. The van der Waals surface area contributed by atoms with Crippen LogP contribution in [0.3, 0.4) is 0 Å². The number of anilines is 3. The van der Waals surface area contributed by atoms with Gasteiger partial charge in [-0.25, -0.2) is 4.98 Å². The summed E-state index contributed by atoms with van der Waals surface area (Å²) in [5, 5.41) is 52.4. The number of rotatable bonds is 11. The molecule has 3 aromatic heterocycles. The van der Waals surface area contributed by atoms with Crippen LogP contribution in [-0.4, -0.2) is 149 Å². The van der Waals surface area contributed by atoms with Crippen LogP contribution in [0.1, 0.15) is 42.0 Å². The van der Waals surface area contributed by atoms with E-state index in [0.717, 1.165) is 10.8 Å². The second kappa shape index (κ2) is 17.7. The molecule has 2 saturated heterocycles. The predicted octanol–water partition coefficient (Wildman–Crippen LogP) is -0.262. The largest absolute Gasteiger partial charge is 0.387 e. The summed E-state index contributed by atoms with van der Waals surface area (Å²) < 4.78 is 8.11. The molecule has 2 fully saturated rings. The summed E-state index contributed by atoms with van der Waals surface area (Å²) in [6, 6.07) is 17.0. The second-order valence-corrected chi connectivity index (χ2v) is 14.5. The maximum Gasteiger partial charge on any atom is 0.287 e. The third-order valence-electron chi connectivity index (χ3n) is 10.3. The van der Waals surface area contributed by atoms with Gasteiger partial charge in [0.15, 0.2) is 18.2 Å². The van der Waals surface area contributed by atoms with Gasteiger partial charge in [-0.1, -0.05) is 24.3 Å². The quantitative estimate of drug-likeness (QED) is 0.0855. The lowest BCUT2D eigenvalue weighted by atomic mass is 9.98. The molecule has 2 aromatic carbocycles. The minimum atomic E-state index is -1.81. The second-order valence-electron chi connectivity index (χ2n) is 14.5. The maximum absolute atomic E-state index is 13.1. The summed E-state index contributed by atoms with van der Waals surface area (Å²) in [7, 11) is 3.29. The summed E-state index contributed by atoms with van der Waals surface area (Å²) in [5.74, 6) is -2.22. The van der Waals surface area contributed by atoms with Crippen LogP contribution in [0.5, 0.6) is 0 Å². The van der Waals surface area contributed by atoms with Crippen molar-refractivity contribution in [3.63, 3.8) is 0 Å². The van der Waals surface area contributed by atoms with Gasteiger partial charge in [-0.2, -0.15) is 0 Å². The number of nitrogens with zero attached hydrogens (tertiary/aromatic N) is 6. The van der Waals surface area contributed by atoms with E-state index in [1.165, 1.54) is 27.8 Å². The van der Waals surface area contributed by atoms with E-state index < -0.39 is 60.2 Å². The van der Waals surface area contributed by atoms with Crippen molar-refractivity contribution < 1.29 is 49.1 Å². The molecule has 7 rings (SSSR count). The zero-order valence-electron chi connectivity index (χ0n) is 32.6. The molecule has 0 radical (unpaired) electrons. The van der Waals surface area contributed by atoms with Gasteiger partial charge in [0.25, 0.3) is 29.5 Å². The molecule has 8 N–H and O–H groups in total. The number of aryl methyl sites for hydroxylation is 2. The van der Waals surface area contributed by atoms with Gasteiger partial charge in [0.1, 0.15) is 29.7 Å². The number of hydrogen-bond acceptors (Lipinski definition) is 13. The van der Waals surface area contributed by atoms with Crippen LogP contribution in [0.25, 0.3) is 10.8 Å². The lowest BCUT2D eigenvalue weighted by Gasteiger charge is -2.41. The van der Waals surface area contributed by atoms with Crippen molar-refractivity contribution >= 4 is 57.5 Å². The molecule has 314 valence electrons. The fourth-order valence-electron chi connectivity index (χ4n) is 6.93. The molecule has 0 aliphatic carbocycles. The van der Waals surface area contributed by atoms with E-state index >= 15 is 0 Å². The Bertz CT molecular complexity index is 2410. The van der Waals surface area contributed by atoms with E-state index in [1.807, 2.05) is 29.2 Å². The molecule has 60 heavy (non-hydrogen) atoms. The Morgan fingerprint density at radius 2 is 1.43 bits per heavy atom. The molecule has 0 saturated carbocycles. The molecule has 5 aromatic rings. The van der Waals surface area contributed by atoms with Gasteiger partial charge < -0.3 is 60.5 Å². The van der Waals surface area contributed by atoms with Gasteiger partial charge in [0.05, 0.1) is 5.69 Å². The zero-order valence-corrected chi connectivity index (χ0v) is 32.6. The zero-order chi connectivity index (χ0) is 42.7. The van der Waals surface area contributed by atoms with Crippen molar-refractivity contribution in [3.8, 4) is 0 Å². The summed E-state index contributed by atoms with van der Waals surface area (Å²) in [5.41, 5.74) is 1.62. The van der Waals surface area contributed by atoms with E-state index in [0.29, 0.717) is 31.0 Å². The number of benzene rings is 2. The first-order chi connectivity index (χ1) is 28.7. The third-order valence-corrected chi connectivity index (χ3v) is 10.3. The molecular formula is C40H44N10O10. The number of carbonyl (C=O) groups excluding carboxylic acids is 5. The highest BCUT2D eigenvalue weighted by Gasteiger charge is 2.47. The molecule has 2 aliphatic rings. The van der Waals surface area contributed by atoms with Gasteiger partial charge in [-0.3, -0.25) is 33.9 Å². The van der Waals surface area contributed by atoms with Crippen molar-refractivity contribution in [1.82, 2.24) is 34.2 Å². The van der Waals surface area contributed by atoms with Crippen molar-refractivity contribution in [1.29, 1.82) is 0 Å². The third kappa shape index (κ3) is 9.18. The fraction of sp³-hybridized carbons (Fsp3) is 0.325. The summed E-state index contributed by atoms with van der Waals surface area (Å²) >= 11 is 0. The minimum absolute atomic E-state index is 0.0630.